The molecule has 1 aliphatic heterocycles. The van der Waals surface area contributed by atoms with E-state index in [-0.39, 0.29) is 5.41 Å². The Morgan fingerprint density at radius 2 is 2.17 bits per heavy atom. The highest BCUT2D eigenvalue weighted by molar-refractivity contribution is 8.49. The highest BCUT2D eigenvalue weighted by atomic mass is 32.2. The topological polar surface area (TPSA) is 9.23 Å². The van der Waals surface area contributed by atoms with E-state index in [1.165, 1.54) is 5.56 Å². The molecule has 18 heavy (non-hydrogen) atoms. The third-order valence-electron chi connectivity index (χ3n) is 2.79. The van der Waals surface area contributed by atoms with Crippen LogP contribution < -0.4 is 4.74 Å². The van der Waals surface area contributed by atoms with Crippen LogP contribution in [0.5, 0.6) is 5.75 Å². The van der Waals surface area contributed by atoms with Gasteiger partial charge in [-0.2, -0.15) is 0 Å². The molecular weight excluding hydrogens is 280 g/mol. The number of ether oxygens (including phenoxy) is 1. The molecule has 1 nitrogen and oxygen atoms in total. The minimum absolute atomic E-state index is 0.166. The number of thiocarbonyl (C=S) groups is 1. The quantitative estimate of drug-likeness (QED) is 0.760. The molecule has 1 fully saturated rings. The van der Waals surface area contributed by atoms with Gasteiger partial charge >= 0.3 is 0 Å². The van der Waals surface area contributed by atoms with Crippen molar-refractivity contribution < 1.29 is 4.74 Å². The summed E-state index contributed by atoms with van der Waals surface area (Å²) in [4.78, 5) is 0. The fourth-order valence-electron chi connectivity index (χ4n) is 1.69. The van der Waals surface area contributed by atoms with Crippen LogP contribution in [0.1, 0.15) is 26.3 Å². The SMILES string of the molecule is CC(C)(C)c1cccc(OCC2CSC(=S)S2)c1. The fourth-order valence-corrected chi connectivity index (χ4v) is 4.49. The van der Waals surface area contributed by atoms with E-state index in [2.05, 4.69) is 39.0 Å². The van der Waals surface area contributed by atoms with Gasteiger partial charge in [-0.1, -0.05) is 56.9 Å². The number of benzene rings is 1. The minimum atomic E-state index is 0.166. The average molecular weight is 298 g/mol. The molecule has 1 aromatic rings. The van der Waals surface area contributed by atoms with Crippen molar-refractivity contribution in [2.75, 3.05) is 12.4 Å². The monoisotopic (exact) mass is 298 g/mol. The summed E-state index contributed by atoms with van der Waals surface area (Å²) < 4.78 is 6.93. The standard InChI is InChI=1S/C14H18OS3/c1-14(2,3)10-5-4-6-11(7-10)15-8-12-9-17-13(16)18-12/h4-7,12H,8-9H2,1-3H3. The van der Waals surface area contributed by atoms with E-state index in [0.29, 0.717) is 5.25 Å². The van der Waals surface area contributed by atoms with Gasteiger partial charge in [0.25, 0.3) is 0 Å². The van der Waals surface area contributed by atoms with E-state index >= 15 is 0 Å². The van der Waals surface area contributed by atoms with Crippen LogP contribution in [0.15, 0.2) is 24.3 Å². The van der Waals surface area contributed by atoms with E-state index in [1.807, 2.05) is 6.07 Å². The summed E-state index contributed by atoms with van der Waals surface area (Å²) in [5.74, 6) is 2.04. The van der Waals surface area contributed by atoms with Crippen LogP contribution in [-0.2, 0) is 5.41 Å². The van der Waals surface area contributed by atoms with E-state index in [4.69, 9.17) is 17.0 Å². The Labute approximate surface area is 123 Å². The molecule has 0 bridgehead atoms. The van der Waals surface area contributed by atoms with Crippen molar-refractivity contribution >= 4 is 39.3 Å². The zero-order valence-electron chi connectivity index (χ0n) is 10.9. The van der Waals surface area contributed by atoms with Crippen LogP contribution >= 0.6 is 35.7 Å². The molecule has 0 radical (unpaired) electrons. The highest BCUT2D eigenvalue weighted by Crippen LogP contribution is 2.33. The van der Waals surface area contributed by atoms with E-state index in [1.54, 1.807) is 23.5 Å². The van der Waals surface area contributed by atoms with Gasteiger partial charge in [0.2, 0.25) is 0 Å². The molecule has 0 aromatic heterocycles. The Morgan fingerprint density at radius 3 is 2.78 bits per heavy atom. The smallest absolute Gasteiger partial charge is 0.119 e. The van der Waals surface area contributed by atoms with Gasteiger partial charge in [0, 0.05) is 5.75 Å². The zero-order chi connectivity index (χ0) is 13.2. The Kier molecular flexibility index (Phi) is 4.62. The molecule has 1 unspecified atom stereocenters. The Bertz CT molecular complexity index is 437. The number of hydrogen-bond donors (Lipinski definition) is 0. The summed E-state index contributed by atoms with van der Waals surface area (Å²) in [6, 6.07) is 8.39. The second kappa shape index (κ2) is 5.85. The van der Waals surface area contributed by atoms with Crippen LogP contribution in [0, 0.1) is 0 Å². The van der Waals surface area contributed by atoms with E-state index < -0.39 is 0 Å². The maximum absolute atomic E-state index is 5.88. The first-order valence-corrected chi connectivity index (χ1v) is 8.29. The van der Waals surface area contributed by atoms with Crippen LogP contribution in [0.2, 0.25) is 0 Å². The second-order valence-electron chi connectivity index (χ2n) is 5.39. The van der Waals surface area contributed by atoms with Crippen molar-refractivity contribution in [1.29, 1.82) is 0 Å². The Morgan fingerprint density at radius 1 is 1.39 bits per heavy atom. The molecule has 4 heteroatoms. The molecule has 1 aromatic carbocycles. The van der Waals surface area contributed by atoms with Crippen molar-refractivity contribution in [2.24, 2.45) is 0 Å². The predicted octanol–water partition coefficient (Wildman–Crippen LogP) is 4.50. The second-order valence-corrected chi connectivity index (χ2v) is 8.91. The third kappa shape index (κ3) is 3.90. The normalized spacial score (nSPS) is 20.2. The van der Waals surface area contributed by atoms with Gasteiger partial charge in [0.05, 0.1) is 5.25 Å². The summed E-state index contributed by atoms with van der Waals surface area (Å²) in [5.41, 5.74) is 1.47. The molecule has 1 saturated heterocycles. The Balaban J connectivity index is 1.95. The predicted molar refractivity (Wildman–Crippen MR) is 87.1 cm³/mol. The first kappa shape index (κ1) is 14.2. The van der Waals surface area contributed by atoms with Crippen LogP contribution in [0.3, 0.4) is 0 Å². The van der Waals surface area contributed by atoms with Crippen LogP contribution in [0.4, 0.5) is 0 Å². The molecule has 0 saturated carbocycles. The fraction of sp³-hybridized carbons (Fsp3) is 0.500. The van der Waals surface area contributed by atoms with Gasteiger partial charge in [-0.05, 0) is 23.1 Å². The highest BCUT2D eigenvalue weighted by Gasteiger charge is 2.21. The van der Waals surface area contributed by atoms with E-state index in [9.17, 15) is 0 Å². The van der Waals surface area contributed by atoms with Gasteiger partial charge in [0.1, 0.15) is 15.9 Å². The van der Waals surface area contributed by atoms with Gasteiger partial charge in [-0.25, -0.2) is 0 Å². The first-order valence-electron chi connectivity index (χ1n) is 6.02. The maximum Gasteiger partial charge on any atom is 0.119 e. The molecule has 98 valence electrons. The summed E-state index contributed by atoms with van der Waals surface area (Å²) in [7, 11) is 0. The lowest BCUT2D eigenvalue weighted by molar-refractivity contribution is 0.323. The van der Waals surface area contributed by atoms with Gasteiger partial charge in [-0.3, -0.25) is 0 Å². The first-order chi connectivity index (χ1) is 8.45. The Hall–Kier alpha value is -0.190. The van der Waals surface area contributed by atoms with Crippen molar-refractivity contribution in [1.82, 2.24) is 0 Å². The lowest BCUT2D eigenvalue weighted by Crippen LogP contribution is -2.15. The minimum Gasteiger partial charge on any atom is -0.492 e. The summed E-state index contributed by atoms with van der Waals surface area (Å²) >= 11 is 8.69. The largest absolute Gasteiger partial charge is 0.492 e. The van der Waals surface area contributed by atoms with Crippen LogP contribution in [0.25, 0.3) is 0 Å². The van der Waals surface area contributed by atoms with Gasteiger partial charge in [-0.15, -0.1) is 11.8 Å². The van der Waals surface area contributed by atoms with Crippen molar-refractivity contribution in [3.8, 4) is 5.75 Å². The molecular formula is C14H18OS3. The lowest BCUT2D eigenvalue weighted by Gasteiger charge is -2.20. The maximum atomic E-state index is 5.88. The number of thioether (sulfide) groups is 2. The zero-order valence-corrected chi connectivity index (χ0v) is 13.4. The van der Waals surface area contributed by atoms with Crippen LogP contribution in [-0.4, -0.2) is 21.1 Å². The summed E-state index contributed by atoms with van der Waals surface area (Å²) in [5, 5.41) is 0.501. The molecule has 1 atom stereocenters. The molecule has 1 heterocycles. The molecule has 2 rings (SSSR count). The molecule has 0 amide bonds. The third-order valence-corrected chi connectivity index (χ3v) is 5.91. The number of rotatable bonds is 3. The molecule has 0 aliphatic carbocycles. The van der Waals surface area contributed by atoms with Crippen molar-refractivity contribution in [3.63, 3.8) is 0 Å². The number of hydrogen-bond acceptors (Lipinski definition) is 4. The summed E-state index contributed by atoms with van der Waals surface area (Å²) in [6.45, 7) is 7.39. The van der Waals surface area contributed by atoms with Gasteiger partial charge in [0.15, 0.2) is 0 Å². The average Bonchev–Trinajstić information content (AvgIpc) is 2.72. The van der Waals surface area contributed by atoms with E-state index in [0.717, 1.165) is 21.6 Å². The molecule has 1 aliphatic rings. The lowest BCUT2D eigenvalue weighted by atomic mass is 9.87. The van der Waals surface area contributed by atoms with Crippen molar-refractivity contribution in [2.45, 2.75) is 31.4 Å². The molecule has 0 spiro atoms. The molecule has 0 N–H and O–H groups in total. The van der Waals surface area contributed by atoms with Gasteiger partial charge < -0.3 is 4.74 Å². The summed E-state index contributed by atoms with van der Waals surface area (Å²) in [6.07, 6.45) is 0. The van der Waals surface area contributed by atoms with Crippen molar-refractivity contribution in [3.05, 3.63) is 29.8 Å².